The summed E-state index contributed by atoms with van der Waals surface area (Å²) in [7, 11) is 0. The van der Waals surface area contributed by atoms with Crippen molar-refractivity contribution in [3.05, 3.63) is 139 Å². The summed E-state index contributed by atoms with van der Waals surface area (Å²) >= 11 is 2.94. The normalized spacial score (nSPS) is 14.9. The Kier molecular flexibility index (Phi) is 8.31. The van der Waals surface area contributed by atoms with Crippen molar-refractivity contribution < 1.29 is 14.3 Å². The molecule has 6 rings (SSSR count). The average molecular weight is 607 g/mol. The maximum Gasteiger partial charge on any atom is 0.338 e. The van der Waals surface area contributed by atoms with Crippen LogP contribution in [0, 0.1) is 0 Å². The summed E-state index contributed by atoms with van der Waals surface area (Å²) in [4.78, 5) is 33.4. The quantitative estimate of drug-likeness (QED) is 0.154. The Labute approximate surface area is 257 Å². The van der Waals surface area contributed by atoms with Crippen LogP contribution in [-0.2, 0) is 16.1 Å². The number of carbonyl (C=O) groups is 1. The van der Waals surface area contributed by atoms with Crippen molar-refractivity contribution in [1.82, 2.24) is 4.57 Å². The Morgan fingerprint density at radius 3 is 2.58 bits per heavy atom. The molecule has 1 aliphatic heterocycles. The van der Waals surface area contributed by atoms with Gasteiger partial charge in [0.2, 0.25) is 0 Å². The zero-order valence-corrected chi connectivity index (χ0v) is 25.7. The van der Waals surface area contributed by atoms with E-state index in [0.29, 0.717) is 33.0 Å². The number of thiazole rings is 1. The number of hydrogen-bond donors (Lipinski definition) is 0. The lowest BCUT2D eigenvalue weighted by Crippen LogP contribution is -2.39. The van der Waals surface area contributed by atoms with E-state index in [2.05, 4.69) is 29.3 Å². The van der Waals surface area contributed by atoms with Crippen LogP contribution in [-0.4, -0.2) is 23.4 Å². The van der Waals surface area contributed by atoms with Gasteiger partial charge in [0.15, 0.2) is 4.80 Å². The maximum absolute atomic E-state index is 13.9. The number of allylic oxidation sites excluding steroid dienone is 1. The van der Waals surface area contributed by atoms with Crippen LogP contribution < -0.4 is 19.6 Å². The van der Waals surface area contributed by atoms with Crippen LogP contribution in [0.25, 0.3) is 16.8 Å². The highest BCUT2D eigenvalue weighted by Gasteiger charge is 2.33. The van der Waals surface area contributed by atoms with Crippen molar-refractivity contribution >= 4 is 45.9 Å². The molecular weight excluding hydrogens is 577 g/mol. The predicted molar refractivity (Wildman–Crippen MR) is 173 cm³/mol. The number of esters is 1. The third-order valence-electron chi connectivity index (χ3n) is 7.38. The molecule has 216 valence electrons. The molecule has 0 bridgehead atoms. The second-order valence-electron chi connectivity index (χ2n) is 10.1. The van der Waals surface area contributed by atoms with Gasteiger partial charge in [0.05, 0.1) is 28.5 Å². The number of hydrogen-bond acceptors (Lipinski definition) is 7. The van der Waals surface area contributed by atoms with E-state index in [1.165, 1.54) is 16.7 Å². The largest absolute Gasteiger partial charge is 0.489 e. The molecule has 1 aliphatic rings. The molecule has 0 saturated heterocycles. The van der Waals surface area contributed by atoms with Gasteiger partial charge in [-0.25, -0.2) is 9.79 Å². The van der Waals surface area contributed by atoms with Crippen LogP contribution in [0.15, 0.2) is 117 Å². The lowest BCUT2D eigenvalue weighted by Gasteiger charge is -2.24. The van der Waals surface area contributed by atoms with Crippen LogP contribution >= 0.6 is 23.1 Å². The first kappa shape index (κ1) is 28.7. The van der Waals surface area contributed by atoms with Crippen LogP contribution in [0.1, 0.15) is 36.6 Å². The van der Waals surface area contributed by atoms with Crippen molar-refractivity contribution in [2.45, 2.75) is 31.4 Å². The topological polar surface area (TPSA) is 69.9 Å². The van der Waals surface area contributed by atoms with Gasteiger partial charge in [0.25, 0.3) is 5.56 Å². The highest BCUT2D eigenvalue weighted by molar-refractivity contribution is 7.98. The number of rotatable bonds is 8. The molecule has 0 unspecified atom stereocenters. The SMILES string of the molecule is CCOC(=O)C1=C(C)N=c2s/c(=C\c3cccc(OCc4cccc5ccccc45)c3)c(=O)n2[C@H]1c1ccc(SC)cc1. The van der Waals surface area contributed by atoms with Crippen LogP contribution in [0.4, 0.5) is 0 Å². The minimum absolute atomic E-state index is 0.209. The number of aromatic nitrogens is 1. The number of fused-ring (bicyclic) bond motifs is 2. The van der Waals surface area contributed by atoms with Gasteiger partial charge < -0.3 is 9.47 Å². The Balaban J connectivity index is 1.36. The molecule has 4 aromatic carbocycles. The number of benzene rings is 4. The summed E-state index contributed by atoms with van der Waals surface area (Å²) < 4.78 is 13.7. The molecule has 43 heavy (non-hydrogen) atoms. The zero-order chi connectivity index (χ0) is 29.9. The van der Waals surface area contributed by atoms with Gasteiger partial charge in [-0.2, -0.15) is 0 Å². The van der Waals surface area contributed by atoms with E-state index in [-0.39, 0.29) is 12.2 Å². The van der Waals surface area contributed by atoms with E-state index >= 15 is 0 Å². The Bertz CT molecular complexity index is 2040. The summed E-state index contributed by atoms with van der Waals surface area (Å²) in [5.74, 6) is 0.245. The lowest BCUT2D eigenvalue weighted by atomic mass is 9.96. The first-order valence-electron chi connectivity index (χ1n) is 14.0. The molecule has 0 N–H and O–H groups in total. The van der Waals surface area contributed by atoms with Crippen LogP contribution in [0.3, 0.4) is 0 Å². The highest BCUT2D eigenvalue weighted by atomic mass is 32.2. The van der Waals surface area contributed by atoms with Gasteiger partial charge in [-0.15, -0.1) is 11.8 Å². The van der Waals surface area contributed by atoms with Gasteiger partial charge in [-0.3, -0.25) is 9.36 Å². The lowest BCUT2D eigenvalue weighted by molar-refractivity contribution is -0.139. The summed E-state index contributed by atoms with van der Waals surface area (Å²) in [6.07, 6.45) is 3.86. The fourth-order valence-electron chi connectivity index (χ4n) is 5.32. The predicted octanol–water partition coefficient (Wildman–Crippen LogP) is 6.25. The fourth-order valence-corrected chi connectivity index (χ4v) is 6.77. The van der Waals surface area contributed by atoms with E-state index in [0.717, 1.165) is 27.0 Å². The molecule has 6 nitrogen and oxygen atoms in total. The third-order valence-corrected chi connectivity index (χ3v) is 9.11. The summed E-state index contributed by atoms with van der Waals surface area (Å²) in [5.41, 5.74) is 3.49. The molecule has 1 aromatic heterocycles. The second-order valence-corrected chi connectivity index (χ2v) is 12.0. The van der Waals surface area contributed by atoms with Crippen molar-refractivity contribution in [1.29, 1.82) is 0 Å². The Morgan fingerprint density at radius 2 is 1.79 bits per heavy atom. The van der Waals surface area contributed by atoms with Crippen molar-refractivity contribution in [2.24, 2.45) is 4.99 Å². The number of carbonyl (C=O) groups excluding carboxylic acids is 1. The van der Waals surface area contributed by atoms with Gasteiger partial charge in [0.1, 0.15) is 12.4 Å². The first-order valence-corrected chi connectivity index (χ1v) is 16.0. The zero-order valence-electron chi connectivity index (χ0n) is 24.1. The Morgan fingerprint density at radius 1 is 1.02 bits per heavy atom. The van der Waals surface area contributed by atoms with Gasteiger partial charge in [-0.05, 0) is 77.9 Å². The molecule has 0 aliphatic carbocycles. The molecule has 0 amide bonds. The number of ether oxygens (including phenoxy) is 2. The van der Waals surface area contributed by atoms with Crippen molar-refractivity contribution in [2.75, 3.05) is 12.9 Å². The van der Waals surface area contributed by atoms with E-state index in [4.69, 9.17) is 9.47 Å². The molecule has 0 saturated carbocycles. The number of thioether (sulfide) groups is 1. The monoisotopic (exact) mass is 606 g/mol. The molecule has 8 heteroatoms. The smallest absolute Gasteiger partial charge is 0.338 e. The van der Waals surface area contributed by atoms with Crippen molar-refractivity contribution in [3.8, 4) is 5.75 Å². The third kappa shape index (κ3) is 5.81. The minimum Gasteiger partial charge on any atom is -0.489 e. The molecular formula is C35H30N2O4S2. The van der Waals surface area contributed by atoms with E-state index in [9.17, 15) is 9.59 Å². The fraction of sp³-hybridized carbons (Fsp3) is 0.171. The Hall–Kier alpha value is -4.40. The van der Waals surface area contributed by atoms with E-state index < -0.39 is 12.0 Å². The molecule has 5 aromatic rings. The van der Waals surface area contributed by atoms with Crippen molar-refractivity contribution in [3.63, 3.8) is 0 Å². The highest BCUT2D eigenvalue weighted by Crippen LogP contribution is 2.31. The van der Waals surface area contributed by atoms with Gasteiger partial charge in [-0.1, -0.05) is 78.1 Å². The summed E-state index contributed by atoms with van der Waals surface area (Å²) in [6.45, 7) is 4.23. The summed E-state index contributed by atoms with van der Waals surface area (Å²) in [6, 6.07) is 29.4. The van der Waals surface area contributed by atoms with E-state index in [1.807, 2.05) is 79.1 Å². The average Bonchev–Trinajstić information content (AvgIpc) is 3.33. The summed E-state index contributed by atoms with van der Waals surface area (Å²) in [5, 5.41) is 2.34. The standard InChI is InChI=1S/C35H30N2O4S2/c1-4-40-34(39)31-22(2)36-35-37(32(31)25-15-17-28(42-3)18-16-25)33(38)30(43-35)20-23-9-7-13-27(19-23)41-21-26-12-8-11-24-10-5-6-14-29(24)26/h5-20,32H,4,21H2,1-3H3/b30-20-/t32-/m0/s1. The van der Waals surface area contributed by atoms with E-state index in [1.54, 1.807) is 30.2 Å². The first-order chi connectivity index (χ1) is 21.0. The maximum atomic E-state index is 13.9. The second kappa shape index (κ2) is 12.5. The van der Waals surface area contributed by atoms with Gasteiger partial charge >= 0.3 is 5.97 Å². The molecule has 2 heterocycles. The molecule has 0 radical (unpaired) electrons. The minimum atomic E-state index is -0.635. The molecule has 0 fully saturated rings. The van der Waals surface area contributed by atoms with Crippen LogP contribution in [0.2, 0.25) is 0 Å². The molecule has 1 atom stereocenters. The molecule has 0 spiro atoms. The van der Waals surface area contributed by atoms with Crippen LogP contribution in [0.5, 0.6) is 5.75 Å². The number of nitrogens with zero attached hydrogens (tertiary/aromatic N) is 2. The van der Waals surface area contributed by atoms with Gasteiger partial charge in [0, 0.05) is 4.90 Å².